The van der Waals surface area contributed by atoms with Gasteiger partial charge in [0.15, 0.2) is 5.82 Å². The van der Waals surface area contributed by atoms with E-state index in [1.165, 1.54) is 37.4 Å². The number of hydrogen-bond acceptors (Lipinski definition) is 6. The van der Waals surface area contributed by atoms with Gasteiger partial charge in [-0.3, -0.25) is 5.10 Å². The summed E-state index contributed by atoms with van der Waals surface area (Å²) in [4.78, 5) is 8.80. The van der Waals surface area contributed by atoms with Crippen LogP contribution < -0.4 is 0 Å². The van der Waals surface area contributed by atoms with Crippen molar-refractivity contribution in [2.45, 2.75) is 55.9 Å². The van der Waals surface area contributed by atoms with Gasteiger partial charge in [-0.2, -0.15) is 4.98 Å². The largest absolute Gasteiger partial charge is 0.338 e. The van der Waals surface area contributed by atoms with E-state index in [0.29, 0.717) is 17.6 Å². The number of nitrogens with one attached hydrogen (secondary N) is 1. The summed E-state index contributed by atoms with van der Waals surface area (Å²) in [6.07, 6.45) is 5.84. The van der Waals surface area contributed by atoms with Crippen molar-refractivity contribution < 1.29 is 4.52 Å². The number of hydrogen-bond donors (Lipinski definition) is 1. The monoisotopic (exact) mass is 279 g/mol. The number of aromatic amines is 1. The van der Waals surface area contributed by atoms with Crippen molar-refractivity contribution >= 4 is 11.8 Å². The second-order valence-electron chi connectivity index (χ2n) is 4.73. The van der Waals surface area contributed by atoms with E-state index in [0.717, 1.165) is 23.2 Å². The molecule has 0 unspecified atom stereocenters. The Morgan fingerprint density at radius 3 is 2.89 bits per heavy atom. The van der Waals surface area contributed by atoms with Crippen LogP contribution in [0.4, 0.5) is 0 Å². The van der Waals surface area contributed by atoms with Crippen LogP contribution in [0, 0.1) is 0 Å². The molecule has 0 aliphatic heterocycles. The van der Waals surface area contributed by atoms with E-state index in [2.05, 4.69) is 25.3 Å². The van der Waals surface area contributed by atoms with Gasteiger partial charge < -0.3 is 4.52 Å². The fraction of sp³-hybridized carbons (Fsp3) is 0.667. The second-order valence-corrected chi connectivity index (χ2v) is 5.67. The van der Waals surface area contributed by atoms with Crippen LogP contribution in [0.25, 0.3) is 0 Å². The molecule has 0 radical (unpaired) electrons. The highest BCUT2D eigenvalue weighted by molar-refractivity contribution is 7.98. The van der Waals surface area contributed by atoms with Crippen LogP contribution >= 0.6 is 11.8 Å². The molecule has 2 aromatic rings. The molecule has 1 fully saturated rings. The molecule has 6 nitrogen and oxygen atoms in total. The highest BCUT2D eigenvalue weighted by Gasteiger charge is 2.20. The third kappa shape index (κ3) is 2.97. The first kappa shape index (κ1) is 12.7. The molecule has 19 heavy (non-hydrogen) atoms. The van der Waals surface area contributed by atoms with E-state index in [1.807, 2.05) is 6.92 Å². The van der Waals surface area contributed by atoms with Gasteiger partial charge in [-0.15, -0.1) is 5.10 Å². The van der Waals surface area contributed by atoms with E-state index in [9.17, 15) is 0 Å². The van der Waals surface area contributed by atoms with Crippen LogP contribution in [0.1, 0.15) is 56.1 Å². The van der Waals surface area contributed by atoms with Crippen molar-refractivity contribution in [3.8, 4) is 0 Å². The molecule has 102 valence electrons. The molecule has 7 heteroatoms. The zero-order valence-corrected chi connectivity index (χ0v) is 11.7. The van der Waals surface area contributed by atoms with Crippen LogP contribution in [0.3, 0.4) is 0 Å². The SMILES string of the molecule is CCc1noc(CSc2n[nH]c(C3CCCC3)n2)n1. The van der Waals surface area contributed by atoms with E-state index < -0.39 is 0 Å². The molecule has 0 amide bonds. The first-order valence-electron chi connectivity index (χ1n) is 6.71. The van der Waals surface area contributed by atoms with Gasteiger partial charge in [-0.25, -0.2) is 4.98 Å². The van der Waals surface area contributed by atoms with Crippen LogP contribution in [0.2, 0.25) is 0 Å². The third-order valence-corrected chi connectivity index (χ3v) is 4.21. The molecule has 2 aromatic heterocycles. The molecule has 0 spiro atoms. The van der Waals surface area contributed by atoms with Crippen LogP contribution in [0.5, 0.6) is 0 Å². The normalized spacial score (nSPS) is 16.3. The lowest BCUT2D eigenvalue weighted by Crippen LogP contribution is -1.94. The summed E-state index contributed by atoms with van der Waals surface area (Å²) in [5.74, 6) is 3.60. The number of aromatic nitrogens is 5. The van der Waals surface area contributed by atoms with E-state index >= 15 is 0 Å². The summed E-state index contributed by atoms with van der Waals surface area (Å²) < 4.78 is 5.14. The topological polar surface area (TPSA) is 80.5 Å². The van der Waals surface area contributed by atoms with Crippen molar-refractivity contribution in [3.63, 3.8) is 0 Å². The smallest absolute Gasteiger partial charge is 0.237 e. The zero-order valence-electron chi connectivity index (χ0n) is 10.9. The highest BCUT2D eigenvalue weighted by atomic mass is 32.2. The lowest BCUT2D eigenvalue weighted by atomic mass is 10.1. The molecule has 1 saturated carbocycles. The molecule has 0 saturated heterocycles. The van der Waals surface area contributed by atoms with Gasteiger partial charge in [0.05, 0.1) is 5.75 Å². The van der Waals surface area contributed by atoms with E-state index in [-0.39, 0.29) is 0 Å². The number of thioether (sulfide) groups is 1. The summed E-state index contributed by atoms with van der Waals surface area (Å²) in [6.45, 7) is 2.00. The summed E-state index contributed by atoms with van der Waals surface area (Å²) in [5, 5.41) is 11.9. The standard InChI is InChI=1S/C12H17N5OS/c1-2-9-13-10(18-17-9)7-19-12-14-11(15-16-12)8-5-3-4-6-8/h8H,2-7H2,1H3,(H,14,15,16). The minimum Gasteiger partial charge on any atom is -0.338 e. The van der Waals surface area contributed by atoms with Crippen molar-refractivity contribution in [1.29, 1.82) is 0 Å². The van der Waals surface area contributed by atoms with Gasteiger partial charge in [0.1, 0.15) is 5.82 Å². The summed E-state index contributed by atoms with van der Waals surface area (Å²) in [5.41, 5.74) is 0. The maximum Gasteiger partial charge on any atom is 0.237 e. The molecule has 1 aliphatic rings. The Kier molecular flexibility index (Phi) is 3.82. The Balaban J connectivity index is 1.57. The van der Waals surface area contributed by atoms with Gasteiger partial charge >= 0.3 is 0 Å². The Bertz CT molecular complexity index is 532. The molecular weight excluding hydrogens is 262 g/mol. The minimum absolute atomic E-state index is 0.567. The zero-order chi connectivity index (χ0) is 13.1. The van der Waals surface area contributed by atoms with Crippen molar-refractivity contribution in [2.24, 2.45) is 0 Å². The Labute approximate surface area is 115 Å². The Morgan fingerprint density at radius 2 is 2.16 bits per heavy atom. The number of nitrogens with zero attached hydrogens (tertiary/aromatic N) is 4. The highest BCUT2D eigenvalue weighted by Crippen LogP contribution is 2.32. The van der Waals surface area contributed by atoms with Crippen LogP contribution in [0.15, 0.2) is 9.68 Å². The first-order valence-corrected chi connectivity index (χ1v) is 7.70. The summed E-state index contributed by atoms with van der Waals surface area (Å²) in [6, 6.07) is 0. The van der Waals surface area contributed by atoms with E-state index in [1.54, 1.807) is 0 Å². The third-order valence-electron chi connectivity index (χ3n) is 3.38. The summed E-state index contributed by atoms with van der Waals surface area (Å²) in [7, 11) is 0. The van der Waals surface area contributed by atoms with Crippen LogP contribution in [-0.4, -0.2) is 25.3 Å². The Morgan fingerprint density at radius 1 is 1.32 bits per heavy atom. The number of rotatable bonds is 5. The minimum atomic E-state index is 0.567. The molecule has 0 aromatic carbocycles. The van der Waals surface area contributed by atoms with E-state index in [4.69, 9.17) is 4.52 Å². The fourth-order valence-electron chi connectivity index (χ4n) is 2.32. The molecule has 1 N–H and O–H groups in total. The van der Waals surface area contributed by atoms with Crippen molar-refractivity contribution in [1.82, 2.24) is 25.3 Å². The molecular formula is C12H17N5OS. The Hall–Kier alpha value is -1.37. The first-order chi connectivity index (χ1) is 9.35. The van der Waals surface area contributed by atoms with Crippen molar-refractivity contribution in [3.05, 3.63) is 17.5 Å². The van der Waals surface area contributed by atoms with Gasteiger partial charge in [0.2, 0.25) is 11.0 Å². The fourth-order valence-corrected chi connectivity index (χ4v) is 2.97. The summed E-state index contributed by atoms with van der Waals surface area (Å²) >= 11 is 1.53. The molecule has 1 aliphatic carbocycles. The predicted octanol–water partition coefficient (Wildman–Crippen LogP) is 2.70. The lowest BCUT2D eigenvalue weighted by Gasteiger charge is -2.01. The molecule has 2 heterocycles. The van der Waals surface area contributed by atoms with Gasteiger partial charge in [-0.1, -0.05) is 36.7 Å². The lowest BCUT2D eigenvalue weighted by molar-refractivity contribution is 0.385. The molecule has 3 rings (SSSR count). The predicted molar refractivity (Wildman–Crippen MR) is 70.8 cm³/mol. The average Bonchev–Trinajstić information content (AvgIpc) is 3.16. The van der Waals surface area contributed by atoms with Crippen LogP contribution in [-0.2, 0) is 12.2 Å². The second kappa shape index (κ2) is 5.73. The quantitative estimate of drug-likeness (QED) is 0.847. The van der Waals surface area contributed by atoms with Gasteiger partial charge in [-0.05, 0) is 12.8 Å². The van der Waals surface area contributed by atoms with Crippen molar-refractivity contribution in [2.75, 3.05) is 0 Å². The number of aryl methyl sites for hydroxylation is 1. The molecule has 0 bridgehead atoms. The average molecular weight is 279 g/mol. The maximum atomic E-state index is 5.14. The van der Waals surface area contributed by atoms with Gasteiger partial charge in [0, 0.05) is 12.3 Å². The maximum absolute atomic E-state index is 5.14. The van der Waals surface area contributed by atoms with Gasteiger partial charge in [0.25, 0.3) is 0 Å². The number of H-pyrrole nitrogens is 1. The molecule has 0 atom stereocenters.